The number of nitrogens with one attached hydrogen (secondary N) is 1. The molecule has 4 nitrogen and oxygen atoms in total. The molecule has 0 spiro atoms. The van der Waals surface area contributed by atoms with Crippen molar-refractivity contribution in [3.63, 3.8) is 0 Å². The fraction of sp³-hybridized carbons (Fsp3) is 0.556. The third-order valence-corrected chi connectivity index (χ3v) is 2.61. The number of carbonyl (C=O) groups is 2. The summed E-state index contributed by atoms with van der Waals surface area (Å²) in [4.78, 5) is 22.6. The van der Waals surface area contributed by atoms with Crippen molar-refractivity contribution in [2.75, 3.05) is 7.11 Å². The van der Waals surface area contributed by atoms with E-state index in [1.807, 2.05) is 6.08 Å². The Labute approximate surface area is 75.9 Å². The molecule has 0 aromatic heterocycles. The molecule has 1 saturated heterocycles. The first-order valence-electron chi connectivity index (χ1n) is 4.28. The highest BCUT2D eigenvalue weighted by Gasteiger charge is 2.43. The summed E-state index contributed by atoms with van der Waals surface area (Å²) < 4.78 is 4.63. The van der Waals surface area contributed by atoms with Crippen LogP contribution in [-0.2, 0) is 14.3 Å². The van der Waals surface area contributed by atoms with Gasteiger partial charge in [0.2, 0.25) is 0 Å². The predicted octanol–water partition coefficient (Wildman–Crippen LogP) is -0.355. The molecule has 2 rings (SSSR count). The molecule has 13 heavy (non-hydrogen) atoms. The molecule has 1 fully saturated rings. The zero-order chi connectivity index (χ0) is 9.42. The van der Waals surface area contributed by atoms with Gasteiger partial charge in [0.25, 0.3) is 0 Å². The Morgan fingerprint density at radius 2 is 2.46 bits per heavy atom. The summed E-state index contributed by atoms with van der Waals surface area (Å²) in [6.07, 6.45) is 4.02. The summed E-state index contributed by atoms with van der Waals surface area (Å²) >= 11 is 0. The molecule has 0 unspecified atom stereocenters. The first-order chi connectivity index (χ1) is 6.22. The minimum Gasteiger partial charge on any atom is -0.469 e. The highest BCUT2D eigenvalue weighted by molar-refractivity contribution is 5.99. The van der Waals surface area contributed by atoms with Gasteiger partial charge in [-0.15, -0.1) is 0 Å². The van der Waals surface area contributed by atoms with E-state index in [4.69, 9.17) is 0 Å². The van der Waals surface area contributed by atoms with Gasteiger partial charge in [-0.2, -0.15) is 0 Å². The number of ketones is 1. The molecular weight excluding hydrogens is 170 g/mol. The van der Waals surface area contributed by atoms with Gasteiger partial charge in [-0.25, -0.2) is 0 Å². The summed E-state index contributed by atoms with van der Waals surface area (Å²) in [7, 11) is 1.35. The molecule has 2 aliphatic rings. The SMILES string of the molecule is COC(=O)[C@@H]1C[C@@H]2C=CC(=O)[C@H]1N2. The lowest BCUT2D eigenvalue weighted by Crippen LogP contribution is -2.42. The van der Waals surface area contributed by atoms with Crippen LogP contribution in [0.3, 0.4) is 0 Å². The zero-order valence-electron chi connectivity index (χ0n) is 7.32. The van der Waals surface area contributed by atoms with Crippen LogP contribution >= 0.6 is 0 Å². The fourth-order valence-corrected chi connectivity index (χ4v) is 1.94. The van der Waals surface area contributed by atoms with E-state index in [1.165, 1.54) is 7.11 Å². The van der Waals surface area contributed by atoms with E-state index < -0.39 is 0 Å². The van der Waals surface area contributed by atoms with Crippen molar-refractivity contribution in [1.82, 2.24) is 5.32 Å². The smallest absolute Gasteiger partial charge is 0.310 e. The number of carbonyl (C=O) groups excluding carboxylic acids is 2. The van der Waals surface area contributed by atoms with Crippen molar-refractivity contribution >= 4 is 11.8 Å². The number of methoxy groups -OCH3 is 1. The number of fused-ring (bicyclic) bond motifs is 2. The first kappa shape index (κ1) is 8.44. The van der Waals surface area contributed by atoms with Crippen molar-refractivity contribution in [2.45, 2.75) is 18.5 Å². The van der Waals surface area contributed by atoms with E-state index in [9.17, 15) is 9.59 Å². The van der Waals surface area contributed by atoms with Gasteiger partial charge in [-0.1, -0.05) is 6.08 Å². The molecule has 3 atom stereocenters. The van der Waals surface area contributed by atoms with Crippen LogP contribution in [0.1, 0.15) is 6.42 Å². The van der Waals surface area contributed by atoms with Crippen LogP contribution in [0.15, 0.2) is 12.2 Å². The topological polar surface area (TPSA) is 55.4 Å². The Kier molecular flexibility index (Phi) is 1.92. The molecule has 4 heteroatoms. The minimum atomic E-state index is -0.359. The molecule has 2 bridgehead atoms. The maximum absolute atomic E-state index is 11.3. The summed E-state index contributed by atoms with van der Waals surface area (Å²) in [5.74, 6) is -0.626. The molecule has 0 saturated carbocycles. The first-order valence-corrected chi connectivity index (χ1v) is 4.28. The molecule has 0 aliphatic carbocycles. The van der Waals surface area contributed by atoms with Gasteiger partial charge in [-0.3, -0.25) is 9.59 Å². The van der Waals surface area contributed by atoms with Gasteiger partial charge in [0.05, 0.1) is 19.1 Å². The zero-order valence-corrected chi connectivity index (χ0v) is 7.32. The monoisotopic (exact) mass is 181 g/mol. The summed E-state index contributed by atoms with van der Waals surface area (Å²) in [5, 5.41) is 3.07. The second kappa shape index (κ2) is 2.96. The van der Waals surface area contributed by atoms with Gasteiger partial charge < -0.3 is 10.1 Å². The lowest BCUT2D eigenvalue weighted by Gasteiger charge is -2.16. The van der Waals surface area contributed by atoms with Crippen molar-refractivity contribution in [3.8, 4) is 0 Å². The van der Waals surface area contributed by atoms with Crippen LogP contribution in [-0.4, -0.2) is 30.9 Å². The van der Waals surface area contributed by atoms with Gasteiger partial charge in [0.15, 0.2) is 5.78 Å². The normalized spacial score (nSPS) is 36.4. The molecule has 70 valence electrons. The van der Waals surface area contributed by atoms with Crippen molar-refractivity contribution in [2.24, 2.45) is 5.92 Å². The van der Waals surface area contributed by atoms with Crippen LogP contribution in [0.2, 0.25) is 0 Å². The molecule has 0 amide bonds. The van der Waals surface area contributed by atoms with E-state index in [2.05, 4.69) is 10.1 Å². The fourth-order valence-electron chi connectivity index (χ4n) is 1.94. The van der Waals surface area contributed by atoms with Crippen LogP contribution in [0.25, 0.3) is 0 Å². The van der Waals surface area contributed by atoms with Crippen molar-refractivity contribution < 1.29 is 14.3 Å². The van der Waals surface area contributed by atoms with E-state index >= 15 is 0 Å². The van der Waals surface area contributed by atoms with E-state index in [1.54, 1.807) is 6.08 Å². The molecule has 0 aromatic carbocycles. The van der Waals surface area contributed by atoms with E-state index in [0.29, 0.717) is 6.42 Å². The Bertz CT molecular complexity index is 285. The van der Waals surface area contributed by atoms with Crippen LogP contribution < -0.4 is 5.32 Å². The molecule has 2 aliphatic heterocycles. The highest BCUT2D eigenvalue weighted by atomic mass is 16.5. The van der Waals surface area contributed by atoms with Gasteiger partial charge in [-0.05, 0) is 12.5 Å². The quantitative estimate of drug-likeness (QED) is 0.561. The van der Waals surface area contributed by atoms with Crippen LogP contribution in [0, 0.1) is 5.92 Å². The van der Waals surface area contributed by atoms with Crippen LogP contribution in [0.5, 0.6) is 0 Å². The molecular formula is C9H11NO3. The van der Waals surface area contributed by atoms with E-state index in [-0.39, 0.29) is 29.8 Å². The summed E-state index contributed by atoms with van der Waals surface area (Å²) in [6, 6.07) is -0.200. The average Bonchev–Trinajstić information content (AvgIpc) is 2.51. The largest absolute Gasteiger partial charge is 0.469 e. The Hall–Kier alpha value is -1.16. The second-order valence-corrected chi connectivity index (χ2v) is 3.38. The number of ether oxygens (including phenoxy) is 1. The molecule has 2 heterocycles. The van der Waals surface area contributed by atoms with Crippen LogP contribution in [0.4, 0.5) is 0 Å². The minimum absolute atomic E-state index is 0.0239. The number of hydrogen-bond acceptors (Lipinski definition) is 4. The average molecular weight is 181 g/mol. The van der Waals surface area contributed by atoms with Crippen molar-refractivity contribution in [1.29, 1.82) is 0 Å². The summed E-state index contributed by atoms with van der Waals surface area (Å²) in [5.41, 5.74) is 0. The van der Waals surface area contributed by atoms with Gasteiger partial charge >= 0.3 is 5.97 Å². The number of esters is 1. The second-order valence-electron chi connectivity index (χ2n) is 3.38. The van der Waals surface area contributed by atoms with Gasteiger partial charge in [0, 0.05) is 6.04 Å². The molecule has 1 N–H and O–H groups in total. The lowest BCUT2D eigenvalue weighted by atomic mass is 9.98. The maximum atomic E-state index is 11.3. The lowest BCUT2D eigenvalue weighted by molar-refractivity contribution is -0.147. The van der Waals surface area contributed by atoms with Crippen molar-refractivity contribution in [3.05, 3.63) is 12.2 Å². The Balaban J connectivity index is 2.19. The standard InChI is InChI=1S/C9H11NO3/c1-13-9(12)6-4-5-2-3-7(11)8(6)10-5/h2-3,5-6,8,10H,4H2,1H3/t5-,6+,8-/m0/s1. The van der Waals surface area contributed by atoms with Gasteiger partial charge in [0.1, 0.15) is 0 Å². The van der Waals surface area contributed by atoms with E-state index in [0.717, 1.165) is 0 Å². The highest BCUT2D eigenvalue weighted by Crippen LogP contribution is 2.26. The number of hydrogen-bond donors (Lipinski definition) is 1. The Morgan fingerprint density at radius 3 is 3.15 bits per heavy atom. The maximum Gasteiger partial charge on any atom is 0.310 e. The predicted molar refractivity (Wildman–Crippen MR) is 45.0 cm³/mol. The Morgan fingerprint density at radius 1 is 1.69 bits per heavy atom. The molecule has 0 radical (unpaired) electrons. The third kappa shape index (κ3) is 1.27. The number of rotatable bonds is 1. The molecule has 0 aromatic rings. The summed E-state index contributed by atoms with van der Waals surface area (Å²) in [6.45, 7) is 0. The third-order valence-electron chi connectivity index (χ3n) is 2.61.